The highest BCUT2D eigenvalue weighted by Crippen LogP contribution is 2.34. The second-order valence-electron chi connectivity index (χ2n) is 6.75. The minimum Gasteiger partial charge on any atom is -0.508 e. The summed E-state index contributed by atoms with van der Waals surface area (Å²) in [5.41, 5.74) is 2.30. The number of hydrogen-bond acceptors (Lipinski definition) is 6. The fraction of sp³-hybridized carbons (Fsp3) is 0.0833. The summed E-state index contributed by atoms with van der Waals surface area (Å²) < 4.78 is 12.5. The summed E-state index contributed by atoms with van der Waals surface area (Å²) >= 11 is 2.07. The van der Waals surface area contributed by atoms with Crippen LogP contribution >= 0.6 is 22.6 Å². The summed E-state index contributed by atoms with van der Waals surface area (Å²) in [5.74, 6) is -0.468. The average Bonchev–Trinajstić information content (AvgIpc) is 2.83. The lowest BCUT2D eigenvalue weighted by Crippen LogP contribution is -2.30. The fourth-order valence-electron chi connectivity index (χ4n) is 2.92. The first-order chi connectivity index (χ1) is 16.0. The van der Waals surface area contributed by atoms with Crippen LogP contribution in [0.15, 0.2) is 91.0 Å². The zero-order valence-electron chi connectivity index (χ0n) is 17.2. The third-order valence-electron chi connectivity index (χ3n) is 4.41. The van der Waals surface area contributed by atoms with E-state index in [0.29, 0.717) is 11.4 Å². The Kier molecular flexibility index (Phi) is 8.67. The number of carbonyl (C=O) groups excluding carboxylic acids is 2. The van der Waals surface area contributed by atoms with Crippen LogP contribution in [-0.4, -0.2) is 28.4 Å². The number of carbonyl (C=O) groups is 2. The largest absolute Gasteiger partial charge is 0.508 e. The topological polar surface area (TPSA) is 117 Å². The first-order valence-corrected chi connectivity index (χ1v) is 10.9. The van der Waals surface area contributed by atoms with Crippen molar-refractivity contribution >= 4 is 40.3 Å². The number of aromatic hydroxyl groups is 1. The van der Waals surface area contributed by atoms with Crippen molar-refractivity contribution in [3.63, 3.8) is 0 Å². The fourth-order valence-corrected chi connectivity index (χ4v) is 3.44. The molecule has 4 N–H and O–H groups in total. The van der Waals surface area contributed by atoms with Crippen molar-refractivity contribution in [2.45, 2.75) is 12.2 Å². The molecule has 2 amide bonds. The van der Waals surface area contributed by atoms with Gasteiger partial charge in [-0.2, -0.15) is 0 Å². The predicted molar refractivity (Wildman–Crippen MR) is 130 cm³/mol. The highest BCUT2D eigenvalue weighted by atomic mass is 127. The molecule has 8 nitrogen and oxygen atoms in total. The normalized spacial score (nSPS) is 12.5. The Morgan fingerprint density at radius 2 is 1.64 bits per heavy atom. The Bertz CT molecular complexity index is 1110. The van der Waals surface area contributed by atoms with Crippen molar-refractivity contribution in [3.05, 3.63) is 100 Å². The maximum atomic E-state index is 12.7. The van der Waals surface area contributed by atoms with Gasteiger partial charge in [0.05, 0.1) is 0 Å². The molecule has 0 saturated carbocycles. The van der Waals surface area contributed by atoms with Crippen LogP contribution in [0.4, 0.5) is 10.5 Å². The lowest BCUT2D eigenvalue weighted by atomic mass is 10.0. The number of rotatable bonds is 8. The zero-order chi connectivity index (χ0) is 23.6. The first-order valence-electron chi connectivity index (χ1n) is 9.81. The van der Waals surface area contributed by atoms with Crippen LogP contribution in [-0.2, 0) is 9.53 Å². The molecule has 0 aliphatic rings. The Hall–Kier alpha value is -3.57. The van der Waals surface area contributed by atoms with E-state index in [9.17, 15) is 14.7 Å². The summed E-state index contributed by atoms with van der Waals surface area (Å²) in [7, 11) is 0. The Labute approximate surface area is 203 Å². The molecule has 170 valence electrons. The molecule has 0 fully saturated rings. The molecule has 3 aromatic rings. The Morgan fingerprint density at radius 3 is 2.30 bits per heavy atom. The monoisotopic (exact) mass is 560 g/mol. The van der Waals surface area contributed by atoms with Gasteiger partial charge in [0, 0.05) is 20.9 Å². The number of phenolic OH excluding ortho intramolecular Hbond substituents is 1. The molecule has 0 heterocycles. The van der Waals surface area contributed by atoms with Gasteiger partial charge >= 0.3 is 6.09 Å². The molecule has 0 saturated heterocycles. The van der Waals surface area contributed by atoms with E-state index >= 15 is 0 Å². The lowest BCUT2D eigenvalue weighted by molar-refractivity contribution is -0.124. The number of benzene rings is 3. The van der Waals surface area contributed by atoms with Crippen LogP contribution in [0, 0.1) is 3.57 Å². The van der Waals surface area contributed by atoms with E-state index in [1.54, 1.807) is 60.7 Å². The molecule has 0 aliphatic carbocycles. The van der Waals surface area contributed by atoms with Crippen LogP contribution in [0.3, 0.4) is 0 Å². The molecule has 0 radical (unpaired) electrons. The molecule has 2 atom stereocenters. The maximum absolute atomic E-state index is 12.7. The van der Waals surface area contributed by atoms with Crippen LogP contribution in [0.25, 0.3) is 0 Å². The number of hydroxylamine groups is 1. The van der Waals surface area contributed by atoms with Crippen LogP contribution < -0.4 is 15.5 Å². The van der Waals surface area contributed by atoms with Crippen LogP contribution in [0.2, 0.25) is 0 Å². The number of amides is 2. The predicted octanol–water partition coefficient (Wildman–Crippen LogP) is 4.80. The third kappa shape index (κ3) is 7.22. The van der Waals surface area contributed by atoms with E-state index < -0.39 is 24.2 Å². The molecule has 0 unspecified atom stereocenters. The third-order valence-corrected chi connectivity index (χ3v) is 5.08. The number of nitrogens with one attached hydrogen (secondary N) is 2. The molecule has 0 aliphatic heterocycles. The summed E-state index contributed by atoms with van der Waals surface area (Å²) in [6.07, 6.45) is -0.588. The average molecular weight is 560 g/mol. The van der Waals surface area contributed by atoms with Gasteiger partial charge in [-0.05, 0) is 71.1 Å². The number of para-hydroxylation sites is 2. The van der Waals surface area contributed by atoms with E-state index in [0.717, 1.165) is 9.65 Å². The molecule has 33 heavy (non-hydrogen) atoms. The second kappa shape index (κ2) is 11.9. The van der Waals surface area contributed by atoms with E-state index in [2.05, 4.69) is 27.9 Å². The molecular formula is C24H21IN2O6. The van der Waals surface area contributed by atoms with Crippen molar-refractivity contribution in [2.75, 3.05) is 5.32 Å². The summed E-state index contributed by atoms with van der Waals surface area (Å²) in [5, 5.41) is 22.0. The molecule has 0 bridgehead atoms. The first kappa shape index (κ1) is 24.1. The summed E-state index contributed by atoms with van der Waals surface area (Å²) in [4.78, 5) is 24.4. The van der Waals surface area contributed by atoms with Gasteiger partial charge in [-0.25, -0.2) is 10.3 Å². The molecule has 0 aromatic heterocycles. The zero-order valence-corrected chi connectivity index (χ0v) is 19.4. The number of anilines is 1. The number of hydrogen-bond donors (Lipinski definition) is 4. The van der Waals surface area contributed by atoms with Crippen LogP contribution in [0.1, 0.15) is 11.7 Å². The van der Waals surface area contributed by atoms with Crippen molar-refractivity contribution in [1.29, 1.82) is 0 Å². The summed E-state index contributed by atoms with van der Waals surface area (Å²) in [6.45, 7) is 0. The van der Waals surface area contributed by atoms with Gasteiger partial charge in [0.25, 0.3) is 5.91 Å². The minimum absolute atomic E-state index is 0.116. The quantitative estimate of drug-likeness (QED) is 0.136. The summed E-state index contributed by atoms with van der Waals surface area (Å²) in [6, 6.07) is 22.3. The highest BCUT2D eigenvalue weighted by Gasteiger charge is 2.30. The van der Waals surface area contributed by atoms with E-state index in [1.807, 2.05) is 12.1 Å². The van der Waals surface area contributed by atoms with Gasteiger partial charge < -0.3 is 14.6 Å². The Morgan fingerprint density at radius 1 is 0.970 bits per heavy atom. The standard InChI is InChI=1S/C24H21IN2O6/c25-16-11-12-20(28)19(15-16)23(33-24(30)26-17-7-3-1-4-8-17)21(13-14-22(29)27-31)32-18-9-5-2-6-10-18/h1-15,21,23,28,31H,(H,26,30)(H,27,29)/b14-13+/t21-,23-/m1/s1. The number of phenols is 1. The van der Waals surface area contributed by atoms with Crippen molar-refractivity contribution < 1.29 is 29.4 Å². The second-order valence-corrected chi connectivity index (χ2v) is 8.00. The van der Waals surface area contributed by atoms with E-state index in [1.165, 1.54) is 17.6 Å². The number of halogens is 1. The lowest BCUT2D eigenvalue weighted by Gasteiger charge is -2.27. The smallest absolute Gasteiger partial charge is 0.412 e. The molecule has 3 aromatic carbocycles. The molecular weight excluding hydrogens is 539 g/mol. The van der Waals surface area contributed by atoms with Gasteiger partial charge in [-0.1, -0.05) is 36.4 Å². The van der Waals surface area contributed by atoms with Crippen LogP contribution in [0.5, 0.6) is 11.5 Å². The molecule has 3 rings (SSSR count). The van der Waals surface area contributed by atoms with Gasteiger partial charge in [0.15, 0.2) is 12.2 Å². The Balaban J connectivity index is 1.98. The van der Waals surface area contributed by atoms with Gasteiger partial charge in [-0.3, -0.25) is 15.3 Å². The van der Waals surface area contributed by atoms with Gasteiger partial charge in [-0.15, -0.1) is 0 Å². The number of ether oxygens (including phenoxy) is 2. The SMILES string of the molecule is O=C(/C=C/[C@@H](Oc1ccccc1)[C@H](OC(=O)Nc1ccccc1)c1cc(I)ccc1O)NO. The van der Waals surface area contributed by atoms with Crippen molar-refractivity contribution in [3.8, 4) is 11.5 Å². The maximum Gasteiger partial charge on any atom is 0.412 e. The van der Waals surface area contributed by atoms with E-state index in [-0.39, 0.29) is 11.3 Å². The van der Waals surface area contributed by atoms with Crippen molar-refractivity contribution in [1.82, 2.24) is 5.48 Å². The van der Waals surface area contributed by atoms with Crippen molar-refractivity contribution in [2.24, 2.45) is 0 Å². The highest BCUT2D eigenvalue weighted by molar-refractivity contribution is 14.1. The molecule has 9 heteroatoms. The van der Waals surface area contributed by atoms with Gasteiger partial charge in [0.1, 0.15) is 11.5 Å². The van der Waals surface area contributed by atoms with Gasteiger partial charge in [0.2, 0.25) is 0 Å². The minimum atomic E-state index is -1.15. The van der Waals surface area contributed by atoms with E-state index in [4.69, 9.17) is 14.7 Å². The molecule has 0 spiro atoms.